The van der Waals surface area contributed by atoms with Gasteiger partial charge in [0.2, 0.25) is 5.78 Å². The summed E-state index contributed by atoms with van der Waals surface area (Å²) in [6.45, 7) is 3.62. The maximum Gasteiger partial charge on any atom is 0.202 e. The van der Waals surface area contributed by atoms with Crippen molar-refractivity contribution in [2.45, 2.75) is 0 Å². The first kappa shape index (κ1) is 9.32. The van der Waals surface area contributed by atoms with Gasteiger partial charge in [-0.2, -0.15) is 0 Å². The van der Waals surface area contributed by atoms with Crippen LogP contribution in [-0.4, -0.2) is 32.3 Å². The topological polar surface area (TPSA) is 83.6 Å². The maximum atomic E-state index is 11.7. The average molecular weight is 203 g/mol. The molecule has 0 amide bonds. The fourth-order valence-corrected chi connectivity index (χ4v) is 1.23. The van der Waals surface area contributed by atoms with Gasteiger partial charge >= 0.3 is 0 Å². The van der Waals surface area contributed by atoms with Gasteiger partial charge in [0.1, 0.15) is 17.5 Å². The van der Waals surface area contributed by atoms with Crippen molar-refractivity contribution in [1.82, 2.24) is 25.3 Å². The highest BCUT2D eigenvalue weighted by Crippen LogP contribution is 2.09. The lowest BCUT2D eigenvalue weighted by Crippen LogP contribution is -2.19. The Balaban J connectivity index is 2.38. The van der Waals surface area contributed by atoms with Gasteiger partial charge in [-0.15, -0.1) is 0 Å². The Morgan fingerprint density at radius 2 is 2.40 bits per heavy atom. The first-order valence-corrected chi connectivity index (χ1v) is 4.34. The van der Waals surface area contributed by atoms with Crippen LogP contribution in [0.3, 0.4) is 0 Å². The summed E-state index contributed by atoms with van der Waals surface area (Å²) in [6, 6.07) is 0. The minimum absolute atomic E-state index is 0.133. The molecule has 0 saturated heterocycles. The molecule has 0 fully saturated rings. The Kier molecular flexibility index (Phi) is 2.40. The highest BCUT2D eigenvalue weighted by molar-refractivity contribution is 6.04. The van der Waals surface area contributed by atoms with Gasteiger partial charge in [-0.3, -0.25) is 4.79 Å². The average Bonchev–Trinajstić information content (AvgIpc) is 2.73. The second-order valence-electron chi connectivity index (χ2n) is 2.83. The van der Waals surface area contributed by atoms with Crippen LogP contribution in [0, 0.1) is 0 Å². The predicted molar refractivity (Wildman–Crippen MR) is 54.2 cm³/mol. The minimum Gasteiger partial charge on any atom is -0.384 e. The third-order valence-corrected chi connectivity index (χ3v) is 1.89. The number of aromatic nitrogens is 4. The molecular formula is C9H9N5O. The van der Waals surface area contributed by atoms with Gasteiger partial charge in [0.15, 0.2) is 5.65 Å². The minimum atomic E-state index is -0.133. The Morgan fingerprint density at radius 1 is 1.53 bits per heavy atom. The van der Waals surface area contributed by atoms with E-state index in [0.29, 0.717) is 16.9 Å². The van der Waals surface area contributed by atoms with Gasteiger partial charge in [-0.1, -0.05) is 6.58 Å². The monoisotopic (exact) mass is 203 g/mol. The van der Waals surface area contributed by atoms with Crippen molar-refractivity contribution in [1.29, 1.82) is 0 Å². The molecule has 0 saturated carbocycles. The maximum absolute atomic E-state index is 11.7. The zero-order valence-corrected chi connectivity index (χ0v) is 7.90. The molecular weight excluding hydrogens is 194 g/mol. The fraction of sp³-hybridized carbons (Fsp3) is 0.111. The van der Waals surface area contributed by atoms with E-state index >= 15 is 0 Å². The van der Waals surface area contributed by atoms with Crippen LogP contribution in [0.15, 0.2) is 25.4 Å². The van der Waals surface area contributed by atoms with Gasteiger partial charge in [0.25, 0.3) is 0 Å². The standard InChI is InChI=1S/C9H9N5O/c1-2-10-3-6(15)7-8-9(13-4-11-7)14-5-12-8/h2,4-5,10H,1,3H2,(H,11,12,13,14). The first-order chi connectivity index (χ1) is 7.33. The molecule has 0 atom stereocenters. The zero-order chi connectivity index (χ0) is 10.7. The molecule has 2 N–H and O–H groups in total. The Morgan fingerprint density at radius 3 is 3.20 bits per heavy atom. The number of nitrogens with one attached hydrogen (secondary N) is 2. The molecule has 0 bridgehead atoms. The number of carbonyl (C=O) groups is 1. The number of ketones is 1. The largest absolute Gasteiger partial charge is 0.384 e. The summed E-state index contributed by atoms with van der Waals surface area (Å²) in [4.78, 5) is 26.3. The van der Waals surface area contributed by atoms with Crippen LogP contribution in [0.2, 0.25) is 0 Å². The summed E-state index contributed by atoms with van der Waals surface area (Å²) >= 11 is 0. The predicted octanol–water partition coefficient (Wildman–Crippen LogP) is 0.269. The number of Topliss-reactive ketones (excluding diaryl/α,β-unsaturated/α-hetero) is 1. The third kappa shape index (κ3) is 1.69. The number of fused-ring (bicyclic) bond motifs is 1. The molecule has 0 radical (unpaired) electrons. The molecule has 0 aliphatic rings. The van der Waals surface area contributed by atoms with E-state index in [-0.39, 0.29) is 12.3 Å². The molecule has 0 aromatic carbocycles. The van der Waals surface area contributed by atoms with E-state index in [1.54, 1.807) is 0 Å². The summed E-state index contributed by atoms with van der Waals surface area (Å²) in [7, 11) is 0. The summed E-state index contributed by atoms with van der Waals surface area (Å²) in [5, 5.41) is 2.72. The van der Waals surface area contributed by atoms with E-state index in [9.17, 15) is 4.79 Å². The number of hydrogen-bond donors (Lipinski definition) is 2. The molecule has 2 aromatic rings. The number of aromatic amines is 1. The van der Waals surface area contributed by atoms with Gasteiger partial charge < -0.3 is 10.3 Å². The Bertz CT molecular complexity index is 504. The van der Waals surface area contributed by atoms with Crippen LogP contribution >= 0.6 is 0 Å². The van der Waals surface area contributed by atoms with Gasteiger partial charge in [-0.25, -0.2) is 15.0 Å². The number of imidazole rings is 1. The van der Waals surface area contributed by atoms with Crippen LogP contribution in [0.1, 0.15) is 10.5 Å². The lowest BCUT2D eigenvalue weighted by Gasteiger charge is -2.00. The molecule has 15 heavy (non-hydrogen) atoms. The third-order valence-electron chi connectivity index (χ3n) is 1.89. The van der Waals surface area contributed by atoms with Gasteiger partial charge in [0, 0.05) is 0 Å². The van der Waals surface area contributed by atoms with Gasteiger partial charge in [-0.05, 0) is 6.20 Å². The highest BCUT2D eigenvalue weighted by Gasteiger charge is 2.12. The molecule has 2 rings (SSSR count). The van der Waals surface area contributed by atoms with E-state index in [1.807, 2.05) is 0 Å². The normalized spacial score (nSPS) is 10.1. The van der Waals surface area contributed by atoms with Crippen molar-refractivity contribution < 1.29 is 4.79 Å². The van der Waals surface area contributed by atoms with Crippen LogP contribution in [0.5, 0.6) is 0 Å². The number of H-pyrrole nitrogens is 1. The fourth-order valence-electron chi connectivity index (χ4n) is 1.23. The van der Waals surface area contributed by atoms with Crippen molar-refractivity contribution in [3.05, 3.63) is 31.1 Å². The van der Waals surface area contributed by atoms with E-state index in [4.69, 9.17) is 0 Å². The van der Waals surface area contributed by atoms with Crippen LogP contribution in [-0.2, 0) is 0 Å². The lowest BCUT2D eigenvalue weighted by molar-refractivity contribution is 0.0992. The molecule has 2 aromatic heterocycles. The number of carbonyl (C=O) groups excluding carboxylic acids is 1. The second kappa shape index (κ2) is 3.87. The molecule has 2 heterocycles. The zero-order valence-electron chi connectivity index (χ0n) is 7.90. The van der Waals surface area contributed by atoms with Crippen LogP contribution in [0.4, 0.5) is 0 Å². The Labute approximate surface area is 85.5 Å². The summed E-state index contributed by atoms with van der Waals surface area (Å²) in [5.41, 5.74) is 1.40. The smallest absolute Gasteiger partial charge is 0.202 e. The molecule has 0 aliphatic carbocycles. The molecule has 0 spiro atoms. The Hall–Kier alpha value is -2.24. The number of nitrogens with zero attached hydrogens (tertiary/aromatic N) is 3. The van der Waals surface area contributed by atoms with Gasteiger partial charge in [0.05, 0.1) is 12.9 Å². The van der Waals surface area contributed by atoms with E-state index < -0.39 is 0 Å². The molecule has 6 heteroatoms. The summed E-state index contributed by atoms with van der Waals surface area (Å²) < 4.78 is 0. The molecule has 76 valence electrons. The lowest BCUT2D eigenvalue weighted by atomic mass is 10.2. The SMILES string of the molecule is C=CNCC(=O)c1ncnc2nc[nH]c12. The second-order valence-corrected chi connectivity index (χ2v) is 2.83. The van der Waals surface area contributed by atoms with Crippen molar-refractivity contribution in [3.63, 3.8) is 0 Å². The first-order valence-electron chi connectivity index (χ1n) is 4.34. The van der Waals surface area contributed by atoms with Crippen molar-refractivity contribution >= 4 is 16.9 Å². The summed E-state index contributed by atoms with van der Waals surface area (Å²) in [5.74, 6) is -0.133. The van der Waals surface area contributed by atoms with Crippen molar-refractivity contribution in [3.8, 4) is 0 Å². The number of hydrogen-bond acceptors (Lipinski definition) is 5. The highest BCUT2D eigenvalue weighted by atomic mass is 16.1. The van der Waals surface area contributed by atoms with Crippen molar-refractivity contribution in [2.24, 2.45) is 0 Å². The molecule has 6 nitrogen and oxygen atoms in total. The number of rotatable bonds is 4. The quantitative estimate of drug-likeness (QED) is 0.697. The van der Waals surface area contributed by atoms with E-state index in [1.165, 1.54) is 18.9 Å². The van der Waals surface area contributed by atoms with Crippen LogP contribution in [0.25, 0.3) is 11.2 Å². The summed E-state index contributed by atoms with van der Waals surface area (Å²) in [6.07, 6.45) is 4.27. The molecule has 0 unspecified atom stereocenters. The molecule has 0 aliphatic heterocycles. The van der Waals surface area contributed by atoms with Crippen LogP contribution < -0.4 is 5.32 Å². The van der Waals surface area contributed by atoms with E-state index in [2.05, 4.69) is 31.8 Å². The van der Waals surface area contributed by atoms with E-state index in [0.717, 1.165) is 0 Å². The van der Waals surface area contributed by atoms with Crippen molar-refractivity contribution in [2.75, 3.05) is 6.54 Å².